The van der Waals surface area contributed by atoms with Gasteiger partial charge in [0.25, 0.3) is 0 Å². The van der Waals surface area contributed by atoms with Crippen LogP contribution in [0.2, 0.25) is 5.02 Å². The zero-order chi connectivity index (χ0) is 10.3. The van der Waals surface area contributed by atoms with Crippen molar-refractivity contribution in [2.45, 2.75) is 0 Å². The molecule has 1 N–H and O–H groups in total. The molecule has 70 valence electrons. The lowest BCUT2D eigenvalue weighted by molar-refractivity contribution is -0.182. The van der Waals surface area contributed by atoms with Gasteiger partial charge < -0.3 is 0 Å². The van der Waals surface area contributed by atoms with Crippen molar-refractivity contribution in [3.63, 3.8) is 0 Å². The largest absolute Gasteiger partial charge is 0.372 e. The lowest BCUT2D eigenvalue weighted by Crippen LogP contribution is -2.00. The van der Waals surface area contributed by atoms with E-state index in [4.69, 9.17) is 21.1 Å². The minimum absolute atomic E-state index is 0.222. The molecule has 0 unspecified atom stereocenters. The summed E-state index contributed by atoms with van der Waals surface area (Å²) in [5.41, 5.74) is 0.222. The standard InChI is InChI=1S/C7H5ClO3.OS/c8-6-3-1-2-5(4-6)7(9)11-10;1-2/h1-4,10H;. The van der Waals surface area contributed by atoms with Crippen molar-refractivity contribution in [2.24, 2.45) is 0 Å². The first kappa shape index (κ1) is 12.0. The van der Waals surface area contributed by atoms with E-state index in [1.54, 1.807) is 12.1 Å². The van der Waals surface area contributed by atoms with Crippen LogP contribution in [0.4, 0.5) is 0 Å². The molecule has 0 aliphatic rings. The molecule has 0 saturated heterocycles. The number of carbonyl (C=O) groups excluding carboxylic acids is 1. The van der Waals surface area contributed by atoms with Gasteiger partial charge in [-0.2, -0.15) is 9.47 Å². The molecule has 4 nitrogen and oxygen atoms in total. The number of rotatable bonds is 1. The van der Waals surface area contributed by atoms with Gasteiger partial charge in [-0.3, -0.25) is 4.89 Å². The van der Waals surface area contributed by atoms with Crippen LogP contribution in [0.15, 0.2) is 24.3 Å². The second-order valence-corrected chi connectivity index (χ2v) is 2.33. The monoisotopic (exact) mass is 220 g/mol. The fraction of sp³-hybridized carbons (Fsp3) is 0. The van der Waals surface area contributed by atoms with Gasteiger partial charge in [-0.25, -0.2) is 4.79 Å². The Balaban J connectivity index is 0.000000671. The minimum Gasteiger partial charge on any atom is -0.296 e. The highest BCUT2D eigenvalue weighted by molar-refractivity contribution is 7.44. The quantitative estimate of drug-likeness (QED) is 0.576. The van der Waals surface area contributed by atoms with Gasteiger partial charge in [-0.05, 0) is 18.2 Å². The predicted molar refractivity (Wildman–Crippen MR) is 47.6 cm³/mol. The van der Waals surface area contributed by atoms with Gasteiger partial charge in [0.05, 0.1) is 5.56 Å². The number of benzene rings is 1. The van der Waals surface area contributed by atoms with Crippen LogP contribution in [-0.4, -0.2) is 15.4 Å². The average molecular weight is 221 g/mol. The van der Waals surface area contributed by atoms with Gasteiger partial charge in [0.2, 0.25) is 0 Å². The zero-order valence-electron chi connectivity index (χ0n) is 6.27. The Kier molecular flexibility index (Phi) is 5.96. The first-order valence-corrected chi connectivity index (χ1v) is 3.73. The molecule has 0 aliphatic carbocycles. The Hall–Kier alpha value is -1.04. The first-order valence-electron chi connectivity index (χ1n) is 3.02. The Morgan fingerprint density at radius 3 is 2.54 bits per heavy atom. The number of hydrogen-bond donors (Lipinski definition) is 1. The van der Waals surface area contributed by atoms with Crippen molar-refractivity contribution < 1.29 is 19.1 Å². The summed E-state index contributed by atoms with van der Waals surface area (Å²) in [6, 6.07) is 6.11. The summed E-state index contributed by atoms with van der Waals surface area (Å²) in [5.74, 6) is -0.813. The molecule has 0 saturated carbocycles. The summed E-state index contributed by atoms with van der Waals surface area (Å²) in [6.07, 6.45) is 0. The van der Waals surface area contributed by atoms with Crippen molar-refractivity contribution in [1.29, 1.82) is 0 Å². The topological polar surface area (TPSA) is 63.6 Å². The van der Waals surface area contributed by atoms with E-state index in [9.17, 15) is 4.79 Å². The predicted octanol–water partition coefficient (Wildman–Crippen LogP) is 1.63. The average Bonchev–Trinajstić information content (AvgIpc) is 2.20. The molecule has 6 heteroatoms. The van der Waals surface area contributed by atoms with Crippen molar-refractivity contribution in [3.8, 4) is 0 Å². The molecule has 0 spiro atoms. The summed E-state index contributed by atoms with van der Waals surface area (Å²) in [6.45, 7) is 0. The van der Waals surface area contributed by atoms with Crippen molar-refractivity contribution in [1.82, 2.24) is 0 Å². The van der Waals surface area contributed by atoms with E-state index in [2.05, 4.69) is 17.4 Å². The van der Waals surface area contributed by atoms with Crippen molar-refractivity contribution in [3.05, 3.63) is 34.9 Å². The van der Waals surface area contributed by atoms with Gasteiger partial charge in [0.15, 0.2) is 12.5 Å². The highest BCUT2D eigenvalue weighted by atomic mass is 35.5. The highest BCUT2D eigenvalue weighted by Gasteiger charge is 2.05. The molecular formula is C7H5ClO4S. The van der Waals surface area contributed by atoms with Crippen LogP contribution in [0.1, 0.15) is 10.4 Å². The van der Waals surface area contributed by atoms with Crippen LogP contribution >= 0.6 is 11.6 Å². The lowest BCUT2D eigenvalue weighted by atomic mass is 10.2. The maximum atomic E-state index is 10.6. The maximum absolute atomic E-state index is 10.6. The van der Waals surface area contributed by atoms with E-state index in [-0.39, 0.29) is 5.56 Å². The van der Waals surface area contributed by atoms with Crippen LogP contribution < -0.4 is 0 Å². The molecule has 1 rings (SSSR count). The van der Waals surface area contributed by atoms with Gasteiger partial charge in [-0.1, -0.05) is 17.7 Å². The third-order valence-electron chi connectivity index (χ3n) is 1.14. The molecule has 1 aromatic rings. The molecule has 0 amide bonds. The summed E-state index contributed by atoms with van der Waals surface area (Å²) in [5, 5.41) is 8.41. The van der Waals surface area contributed by atoms with E-state index in [1.165, 1.54) is 12.1 Å². The Labute approximate surface area is 84.5 Å². The molecule has 0 atom stereocenters. The van der Waals surface area contributed by atoms with E-state index >= 15 is 0 Å². The molecule has 1 aromatic carbocycles. The van der Waals surface area contributed by atoms with E-state index < -0.39 is 5.97 Å². The molecular weight excluding hydrogens is 216 g/mol. The first-order chi connectivity index (χ1) is 6.24. The SMILES string of the molecule is O=C(OO)c1cccc(Cl)c1.O=S. The van der Waals surface area contributed by atoms with Gasteiger partial charge in [-0.15, -0.1) is 0 Å². The van der Waals surface area contributed by atoms with E-state index in [0.717, 1.165) is 0 Å². The smallest absolute Gasteiger partial charge is 0.296 e. The highest BCUT2D eigenvalue weighted by Crippen LogP contribution is 2.10. The molecule has 0 aromatic heterocycles. The van der Waals surface area contributed by atoms with Gasteiger partial charge in [0, 0.05) is 5.02 Å². The molecule has 0 fully saturated rings. The second kappa shape index (κ2) is 6.47. The van der Waals surface area contributed by atoms with Crippen LogP contribution in [0.25, 0.3) is 0 Å². The van der Waals surface area contributed by atoms with Crippen LogP contribution in [-0.2, 0) is 17.4 Å². The number of halogens is 1. The molecule has 13 heavy (non-hydrogen) atoms. The summed E-state index contributed by atoms with van der Waals surface area (Å²) < 4.78 is 7.83. The summed E-state index contributed by atoms with van der Waals surface area (Å²) >= 11 is 8.39. The minimum atomic E-state index is -0.813. The molecule has 0 bridgehead atoms. The lowest BCUT2D eigenvalue weighted by Gasteiger charge is -1.95. The van der Waals surface area contributed by atoms with Crippen LogP contribution in [0.3, 0.4) is 0 Å². The Bertz CT molecular complexity index is 292. The molecule has 0 radical (unpaired) electrons. The molecule has 0 heterocycles. The zero-order valence-corrected chi connectivity index (χ0v) is 7.84. The fourth-order valence-corrected chi connectivity index (χ4v) is 0.858. The van der Waals surface area contributed by atoms with E-state index in [0.29, 0.717) is 5.02 Å². The molecule has 0 aliphatic heterocycles. The number of hydrogen-bond acceptors (Lipinski definition) is 5. The number of carbonyl (C=O) groups is 1. The third kappa shape index (κ3) is 3.93. The Morgan fingerprint density at radius 2 is 2.08 bits per heavy atom. The van der Waals surface area contributed by atoms with Crippen LogP contribution in [0.5, 0.6) is 0 Å². The van der Waals surface area contributed by atoms with Crippen LogP contribution in [0, 0.1) is 0 Å². The van der Waals surface area contributed by atoms with Gasteiger partial charge in [0.1, 0.15) is 0 Å². The summed E-state index contributed by atoms with van der Waals surface area (Å²) in [4.78, 5) is 14.1. The fourth-order valence-electron chi connectivity index (χ4n) is 0.668. The van der Waals surface area contributed by atoms with Gasteiger partial charge >= 0.3 is 5.97 Å². The maximum Gasteiger partial charge on any atom is 0.372 e. The second-order valence-electron chi connectivity index (χ2n) is 1.89. The van der Waals surface area contributed by atoms with Crippen molar-refractivity contribution in [2.75, 3.05) is 0 Å². The van der Waals surface area contributed by atoms with Crippen molar-refractivity contribution >= 4 is 30.1 Å². The normalized spacial score (nSPS) is 8.15. The van der Waals surface area contributed by atoms with E-state index in [1.807, 2.05) is 0 Å². The Morgan fingerprint density at radius 1 is 1.46 bits per heavy atom. The third-order valence-corrected chi connectivity index (χ3v) is 1.38. The summed E-state index contributed by atoms with van der Waals surface area (Å²) in [7, 11) is 0.